The van der Waals surface area contributed by atoms with Gasteiger partial charge in [-0.1, -0.05) is 13.8 Å². The molecule has 0 amide bonds. The zero-order chi connectivity index (χ0) is 12.0. The Bertz CT molecular complexity index is 307. The van der Waals surface area contributed by atoms with Gasteiger partial charge in [-0.15, -0.1) is 0 Å². The number of nitrogens with zero attached hydrogens (tertiary/aromatic N) is 1. The summed E-state index contributed by atoms with van der Waals surface area (Å²) < 4.78 is 5.26. The van der Waals surface area contributed by atoms with E-state index in [1.807, 2.05) is 13.8 Å². The van der Waals surface area contributed by atoms with Crippen LogP contribution >= 0.6 is 0 Å². The second kappa shape index (κ2) is 6.27. The van der Waals surface area contributed by atoms with Crippen molar-refractivity contribution in [1.29, 1.82) is 0 Å². The fraction of sp³-hybridized carbons (Fsp3) is 0.636. The summed E-state index contributed by atoms with van der Waals surface area (Å²) in [6, 6.07) is -0.635. The minimum Gasteiger partial charge on any atom is -0.461 e. The molecule has 16 heavy (non-hydrogen) atoms. The smallest absolute Gasteiger partial charge is 0.323 e. The van der Waals surface area contributed by atoms with Crippen LogP contribution in [0.3, 0.4) is 0 Å². The number of H-pyrrole nitrogens is 1. The van der Waals surface area contributed by atoms with E-state index >= 15 is 0 Å². The minimum absolute atomic E-state index is 0.0299. The van der Waals surface area contributed by atoms with E-state index in [1.165, 1.54) is 0 Å². The van der Waals surface area contributed by atoms with Crippen molar-refractivity contribution in [1.82, 2.24) is 9.97 Å². The molecule has 3 N–H and O–H groups in total. The van der Waals surface area contributed by atoms with Gasteiger partial charge in [0.05, 0.1) is 12.0 Å². The number of carbonyl (C=O) groups is 1. The number of nitrogens with one attached hydrogen (secondary N) is 1. The van der Waals surface area contributed by atoms with E-state index in [0.717, 1.165) is 18.5 Å². The number of esters is 1. The summed E-state index contributed by atoms with van der Waals surface area (Å²) >= 11 is 0. The molecule has 1 rings (SSSR count). The van der Waals surface area contributed by atoms with Crippen LogP contribution < -0.4 is 5.73 Å². The largest absolute Gasteiger partial charge is 0.461 e. The fourth-order valence-electron chi connectivity index (χ4n) is 1.42. The molecular weight excluding hydrogens is 206 g/mol. The number of nitrogens with two attached hydrogens (primary N) is 1. The Kier molecular flexibility index (Phi) is 4.98. The fourth-order valence-corrected chi connectivity index (χ4v) is 1.42. The lowest BCUT2D eigenvalue weighted by Crippen LogP contribution is -2.36. The summed E-state index contributed by atoms with van der Waals surface area (Å²) in [4.78, 5) is 18.4. The van der Waals surface area contributed by atoms with Crippen LogP contribution in [0.2, 0.25) is 0 Å². The van der Waals surface area contributed by atoms with Crippen molar-refractivity contribution in [2.24, 2.45) is 5.73 Å². The third-order valence-electron chi connectivity index (χ3n) is 2.48. The van der Waals surface area contributed by atoms with Crippen LogP contribution in [0.5, 0.6) is 0 Å². The second-order valence-corrected chi connectivity index (χ2v) is 3.75. The first-order valence-electron chi connectivity index (χ1n) is 5.61. The summed E-state index contributed by atoms with van der Waals surface area (Å²) in [7, 11) is 0. The van der Waals surface area contributed by atoms with Crippen molar-refractivity contribution in [3.8, 4) is 0 Å². The number of hydrogen-bond donors (Lipinski definition) is 2. The molecule has 0 aromatic carbocycles. The Morgan fingerprint density at radius 2 is 2.25 bits per heavy atom. The predicted octanol–water partition coefficient (Wildman–Crippen LogP) is 1.01. The average molecular weight is 225 g/mol. The van der Waals surface area contributed by atoms with Gasteiger partial charge in [0.25, 0.3) is 0 Å². The van der Waals surface area contributed by atoms with E-state index in [-0.39, 0.29) is 12.1 Å². The molecule has 0 aliphatic heterocycles. The average Bonchev–Trinajstić information content (AvgIpc) is 2.78. The first-order chi connectivity index (χ1) is 7.67. The molecule has 1 heterocycles. The molecule has 5 nitrogen and oxygen atoms in total. The van der Waals surface area contributed by atoms with Gasteiger partial charge in [-0.2, -0.15) is 0 Å². The van der Waals surface area contributed by atoms with Crippen LogP contribution in [0, 0.1) is 0 Å². The quantitative estimate of drug-likeness (QED) is 0.708. The topological polar surface area (TPSA) is 81.0 Å². The molecule has 90 valence electrons. The Labute approximate surface area is 95.4 Å². The lowest BCUT2D eigenvalue weighted by Gasteiger charge is -2.16. The molecule has 0 spiro atoms. The summed E-state index contributed by atoms with van der Waals surface area (Å²) in [5.74, 6) is -0.350. The van der Waals surface area contributed by atoms with Crippen LogP contribution in [0.1, 0.15) is 32.4 Å². The normalized spacial score (nSPS) is 12.8. The molecule has 0 aliphatic carbocycles. The Hall–Kier alpha value is -1.36. The Morgan fingerprint density at radius 3 is 2.75 bits per heavy atom. The highest BCUT2D eigenvalue weighted by Crippen LogP contribution is 2.06. The first kappa shape index (κ1) is 12.7. The van der Waals surface area contributed by atoms with Crippen LogP contribution in [0.15, 0.2) is 12.5 Å². The summed E-state index contributed by atoms with van der Waals surface area (Å²) in [5.41, 5.74) is 6.51. The summed E-state index contributed by atoms with van der Waals surface area (Å²) in [6.07, 6.45) is 5.30. The van der Waals surface area contributed by atoms with Crippen molar-refractivity contribution < 1.29 is 9.53 Å². The van der Waals surface area contributed by atoms with E-state index in [0.29, 0.717) is 6.42 Å². The molecule has 0 bridgehead atoms. The number of ether oxygens (including phenoxy) is 1. The monoisotopic (exact) mass is 225 g/mol. The Morgan fingerprint density at radius 1 is 1.56 bits per heavy atom. The molecular formula is C11H19N3O2. The molecule has 0 fully saturated rings. The van der Waals surface area contributed by atoms with Gasteiger partial charge in [-0.05, 0) is 12.8 Å². The van der Waals surface area contributed by atoms with Crippen LogP contribution in [-0.4, -0.2) is 28.1 Å². The van der Waals surface area contributed by atoms with Crippen LogP contribution in [0.25, 0.3) is 0 Å². The molecule has 1 aromatic rings. The lowest BCUT2D eigenvalue weighted by molar-refractivity contribution is -0.151. The molecule has 5 heteroatoms. The number of carbonyl (C=O) groups excluding carboxylic acids is 1. The van der Waals surface area contributed by atoms with Crippen molar-refractivity contribution >= 4 is 5.97 Å². The standard InChI is InChI=1S/C11H19N3O2/c1-3-9(4-2)16-11(15)10(12)5-8-6-13-7-14-8/h6-7,9-10H,3-5,12H2,1-2H3,(H,13,14)/t10-/m0/s1. The highest BCUT2D eigenvalue weighted by molar-refractivity contribution is 5.75. The summed E-state index contributed by atoms with van der Waals surface area (Å²) in [5, 5.41) is 0. The van der Waals surface area contributed by atoms with Gasteiger partial charge in [0, 0.05) is 12.6 Å². The van der Waals surface area contributed by atoms with Crippen molar-refractivity contribution in [2.45, 2.75) is 45.3 Å². The molecule has 0 aliphatic rings. The van der Waals surface area contributed by atoms with Gasteiger partial charge in [0.1, 0.15) is 12.1 Å². The maximum Gasteiger partial charge on any atom is 0.323 e. The van der Waals surface area contributed by atoms with E-state index < -0.39 is 6.04 Å². The first-order valence-corrected chi connectivity index (χ1v) is 5.61. The maximum absolute atomic E-state index is 11.6. The van der Waals surface area contributed by atoms with Crippen molar-refractivity contribution in [3.63, 3.8) is 0 Å². The molecule has 0 radical (unpaired) electrons. The van der Waals surface area contributed by atoms with E-state index in [9.17, 15) is 4.79 Å². The highest BCUT2D eigenvalue weighted by atomic mass is 16.5. The predicted molar refractivity (Wildman–Crippen MR) is 60.7 cm³/mol. The number of hydrogen-bond acceptors (Lipinski definition) is 4. The van der Waals surface area contributed by atoms with Gasteiger partial charge in [0.15, 0.2) is 0 Å². The lowest BCUT2D eigenvalue weighted by atomic mass is 10.1. The maximum atomic E-state index is 11.6. The molecule has 0 saturated heterocycles. The molecule has 1 atom stereocenters. The molecule has 0 saturated carbocycles. The summed E-state index contributed by atoms with van der Waals surface area (Å²) in [6.45, 7) is 3.97. The van der Waals surface area contributed by atoms with Gasteiger partial charge in [-0.25, -0.2) is 4.98 Å². The van der Waals surface area contributed by atoms with Crippen LogP contribution in [-0.2, 0) is 16.0 Å². The van der Waals surface area contributed by atoms with Crippen LogP contribution in [0.4, 0.5) is 0 Å². The molecule has 1 aromatic heterocycles. The van der Waals surface area contributed by atoms with E-state index in [4.69, 9.17) is 10.5 Å². The second-order valence-electron chi connectivity index (χ2n) is 3.75. The van der Waals surface area contributed by atoms with E-state index in [2.05, 4.69) is 9.97 Å². The highest BCUT2D eigenvalue weighted by Gasteiger charge is 2.19. The zero-order valence-corrected chi connectivity index (χ0v) is 9.77. The third kappa shape index (κ3) is 3.66. The van der Waals surface area contributed by atoms with Crippen molar-refractivity contribution in [3.05, 3.63) is 18.2 Å². The van der Waals surface area contributed by atoms with Gasteiger partial charge < -0.3 is 15.5 Å². The number of aromatic nitrogens is 2. The van der Waals surface area contributed by atoms with E-state index in [1.54, 1.807) is 12.5 Å². The number of aromatic amines is 1. The van der Waals surface area contributed by atoms with Gasteiger partial charge in [0.2, 0.25) is 0 Å². The van der Waals surface area contributed by atoms with Crippen molar-refractivity contribution in [2.75, 3.05) is 0 Å². The third-order valence-corrected chi connectivity index (χ3v) is 2.48. The zero-order valence-electron chi connectivity index (χ0n) is 9.77. The SMILES string of the molecule is CCC(CC)OC(=O)[C@@H](N)Cc1c[nH]cn1. The molecule has 0 unspecified atom stereocenters. The number of imidazole rings is 1. The minimum atomic E-state index is -0.635. The van der Waals surface area contributed by atoms with Gasteiger partial charge in [-0.3, -0.25) is 4.79 Å². The van der Waals surface area contributed by atoms with Gasteiger partial charge >= 0.3 is 5.97 Å². The Balaban J connectivity index is 2.41. The number of rotatable bonds is 6.